The van der Waals surface area contributed by atoms with Crippen LogP contribution in [0.3, 0.4) is 0 Å². The van der Waals surface area contributed by atoms with Gasteiger partial charge in [0.2, 0.25) is 0 Å². The summed E-state index contributed by atoms with van der Waals surface area (Å²) in [6.45, 7) is 2.70. The molecule has 7 nitrogen and oxygen atoms in total. The van der Waals surface area contributed by atoms with Gasteiger partial charge in [0.15, 0.2) is 11.5 Å². The Morgan fingerprint density at radius 1 is 1.16 bits per heavy atom. The van der Waals surface area contributed by atoms with Crippen LogP contribution in [0, 0.1) is 0 Å². The second kappa shape index (κ2) is 8.51. The van der Waals surface area contributed by atoms with Crippen molar-refractivity contribution < 1.29 is 19.0 Å². The zero-order valence-electron chi connectivity index (χ0n) is 16.8. The molecule has 1 unspecified atom stereocenters. The number of hydrogen-bond acceptors (Lipinski definition) is 5. The minimum absolute atomic E-state index is 0.00251. The molecule has 31 heavy (non-hydrogen) atoms. The third kappa shape index (κ3) is 4.18. The number of hydrogen-bond donors (Lipinski definition) is 1. The molecule has 0 bridgehead atoms. The van der Waals surface area contributed by atoms with Crippen LogP contribution in [0.1, 0.15) is 34.1 Å². The standard InChI is InChI=1S/C23H22ClN3O4/c24-18-3-1-2-4-20(18)31-14-17-12-19(26-25-17)16-7-8-27(13-16)23(28)15-5-6-21-22(11-15)30-10-9-29-21/h1-6,11-12,16H,7-10,13-14H2,(H,25,26). The summed E-state index contributed by atoms with van der Waals surface area (Å²) < 4.78 is 16.9. The minimum Gasteiger partial charge on any atom is -0.486 e. The molecule has 3 aromatic rings. The van der Waals surface area contributed by atoms with Gasteiger partial charge in [0.05, 0.1) is 16.4 Å². The smallest absolute Gasteiger partial charge is 0.254 e. The number of carbonyl (C=O) groups is 1. The molecule has 5 rings (SSSR count). The van der Waals surface area contributed by atoms with E-state index in [2.05, 4.69) is 10.2 Å². The molecule has 1 amide bonds. The summed E-state index contributed by atoms with van der Waals surface area (Å²) in [5.41, 5.74) is 2.42. The summed E-state index contributed by atoms with van der Waals surface area (Å²) >= 11 is 6.13. The number of H-pyrrole nitrogens is 1. The van der Waals surface area contributed by atoms with E-state index in [-0.39, 0.29) is 11.8 Å². The zero-order valence-corrected chi connectivity index (χ0v) is 17.6. The number of fused-ring (bicyclic) bond motifs is 1. The Labute approximate surface area is 184 Å². The fourth-order valence-electron chi connectivity index (χ4n) is 3.92. The van der Waals surface area contributed by atoms with Crippen LogP contribution in [0.4, 0.5) is 0 Å². The van der Waals surface area contributed by atoms with E-state index in [4.69, 9.17) is 25.8 Å². The molecule has 160 valence electrons. The number of halogens is 1. The highest BCUT2D eigenvalue weighted by molar-refractivity contribution is 6.32. The van der Waals surface area contributed by atoms with E-state index >= 15 is 0 Å². The Bertz CT molecular complexity index is 1100. The average molecular weight is 440 g/mol. The summed E-state index contributed by atoms with van der Waals surface area (Å²) in [6.07, 6.45) is 0.867. The van der Waals surface area contributed by atoms with Crippen molar-refractivity contribution in [1.82, 2.24) is 15.1 Å². The molecule has 1 saturated heterocycles. The van der Waals surface area contributed by atoms with Gasteiger partial charge in [-0.05, 0) is 42.8 Å². The Morgan fingerprint density at radius 3 is 2.87 bits per heavy atom. The first-order valence-corrected chi connectivity index (χ1v) is 10.7. The maximum Gasteiger partial charge on any atom is 0.254 e. The fourth-order valence-corrected chi connectivity index (χ4v) is 4.12. The van der Waals surface area contributed by atoms with Gasteiger partial charge in [-0.1, -0.05) is 23.7 Å². The van der Waals surface area contributed by atoms with Crippen molar-refractivity contribution in [3.63, 3.8) is 0 Å². The SMILES string of the molecule is O=C(c1ccc2c(c1)OCCO2)N1CCC(c2cc(COc3ccccc3Cl)[nH]n2)C1. The molecule has 0 saturated carbocycles. The monoisotopic (exact) mass is 439 g/mol. The maximum absolute atomic E-state index is 13.0. The topological polar surface area (TPSA) is 76.7 Å². The molecule has 2 aliphatic heterocycles. The van der Waals surface area contributed by atoms with E-state index < -0.39 is 0 Å². The molecule has 0 radical (unpaired) electrons. The predicted molar refractivity (Wildman–Crippen MR) is 115 cm³/mol. The number of amides is 1. The zero-order chi connectivity index (χ0) is 21.2. The van der Waals surface area contributed by atoms with E-state index in [0.717, 1.165) is 17.8 Å². The van der Waals surface area contributed by atoms with Crippen LogP contribution in [-0.2, 0) is 6.61 Å². The summed E-state index contributed by atoms with van der Waals surface area (Å²) in [7, 11) is 0. The lowest BCUT2D eigenvalue weighted by Gasteiger charge is -2.20. The van der Waals surface area contributed by atoms with Gasteiger partial charge in [0.1, 0.15) is 25.6 Å². The van der Waals surface area contributed by atoms with Gasteiger partial charge in [-0.2, -0.15) is 5.10 Å². The van der Waals surface area contributed by atoms with E-state index in [1.165, 1.54) is 0 Å². The molecule has 2 aliphatic rings. The summed E-state index contributed by atoms with van der Waals surface area (Å²) in [5, 5.41) is 8.05. The molecule has 3 heterocycles. The highest BCUT2D eigenvalue weighted by Gasteiger charge is 2.30. The molecule has 1 fully saturated rings. The van der Waals surface area contributed by atoms with Crippen molar-refractivity contribution >= 4 is 17.5 Å². The molecule has 8 heteroatoms. The third-order valence-electron chi connectivity index (χ3n) is 5.55. The lowest BCUT2D eigenvalue weighted by atomic mass is 10.1. The lowest BCUT2D eigenvalue weighted by molar-refractivity contribution is 0.0789. The predicted octanol–water partition coefficient (Wildman–Crippen LogP) is 4.04. The largest absolute Gasteiger partial charge is 0.486 e. The highest BCUT2D eigenvalue weighted by Crippen LogP contribution is 2.33. The minimum atomic E-state index is -0.00251. The Balaban J connectivity index is 1.21. The second-order valence-corrected chi connectivity index (χ2v) is 8.04. The van der Waals surface area contributed by atoms with Crippen LogP contribution in [0.2, 0.25) is 5.02 Å². The molecule has 0 aliphatic carbocycles. The number of para-hydroxylation sites is 1. The van der Waals surface area contributed by atoms with Crippen LogP contribution >= 0.6 is 11.6 Å². The van der Waals surface area contributed by atoms with Crippen LogP contribution in [0.5, 0.6) is 17.2 Å². The molecule has 1 N–H and O–H groups in total. The maximum atomic E-state index is 13.0. The van der Waals surface area contributed by atoms with Crippen molar-refractivity contribution in [3.8, 4) is 17.2 Å². The Morgan fingerprint density at radius 2 is 2.00 bits per heavy atom. The molecule has 1 atom stereocenters. The summed E-state index contributed by atoms with van der Waals surface area (Å²) in [4.78, 5) is 14.8. The lowest BCUT2D eigenvalue weighted by Crippen LogP contribution is -2.28. The van der Waals surface area contributed by atoms with E-state index in [9.17, 15) is 4.79 Å². The van der Waals surface area contributed by atoms with Gasteiger partial charge in [0.25, 0.3) is 5.91 Å². The third-order valence-corrected chi connectivity index (χ3v) is 5.87. The van der Waals surface area contributed by atoms with Gasteiger partial charge in [-0.15, -0.1) is 0 Å². The van der Waals surface area contributed by atoms with Crippen LogP contribution in [0.15, 0.2) is 48.5 Å². The number of nitrogens with one attached hydrogen (secondary N) is 1. The van der Waals surface area contributed by atoms with Crippen LogP contribution in [-0.4, -0.2) is 47.3 Å². The van der Waals surface area contributed by atoms with Gasteiger partial charge >= 0.3 is 0 Å². The van der Waals surface area contributed by atoms with E-state index in [1.807, 2.05) is 29.2 Å². The first-order valence-electron chi connectivity index (χ1n) is 10.3. The molecular formula is C23H22ClN3O4. The number of nitrogens with zero attached hydrogens (tertiary/aromatic N) is 2. The van der Waals surface area contributed by atoms with Crippen molar-refractivity contribution in [1.29, 1.82) is 0 Å². The Kier molecular flexibility index (Phi) is 5.42. The van der Waals surface area contributed by atoms with Crippen molar-refractivity contribution in [2.45, 2.75) is 18.9 Å². The number of benzene rings is 2. The van der Waals surface area contributed by atoms with Crippen LogP contribution in [0.25, 0.3) is 0 Å². The number of aromatic amines is 1. The summed E-state index contributed by atoms with van der Waals surface area (Å²) in [5.74, 6) is 2.13. The Hall–Kier alpha value is -3.19. The normalized spacial score (nSPS) is 17.6. The quantitative estimate of drug-likeness (QED) is 0.649. The van der Waals surface area contributed by atoms with Crippen molar-refractivity contribution in [3.05, 3.63) is 70.5 Å². The molecule has 0 spiro atoms. The number of rotatable bonds is 5. The first-order chi connectivity index (χ1) is 15.2. The van der Waals surface area contributed by atoms with Crippen molar-refractivity contribution in [2.75, 3.05) is 26.3 Å². The molecule has 2 aromatic carbocycles. The van der Waals surface area contributed by atoms with Gasteiger partial charge in [-0.25, -0.2) is 0 Å². The van der Waals surface area contributed by atoms with E-state index in [0.29, 0.717) is 60.7 Å². The average Bonchev–Trinajstić information content (AvgIpc) is 3.47. The van der Waals surface area contributed by atoms with Crippen molar-refractivity contribution in [2.24, 2.45) is 0 Å². The van der Waals surface area contributed by atoms with Gasteiger partial charge in [-0.3, -0.25) is 9.89 Å². The number of ether oxygens (including phenoxy) is 3. The number of aromatic nitrogens is 2. The molecular weight excluding hydrogens is 418 g/mol. The highest BCUT2D eigenvalue weighted by atomic mass is 35.5. The van der Waals surface area contributed by atoms with Gasteiger partial charge in [0, 0.05) is 24.6 Å². The van der Waals surface area contributed by atoms with Gasteiger partial charge < -0.3 is 19.1 Å². The van der Waals surface area contributed by atoms with Crippen LogP contribution < -0.4 is 14.2 Å². The first kappa shape index (κ1) is 19.8. The summed E-state index contributed by atoms with van der Waals surface area (Å²) in [6, 6.07) is 14.7. The fraction of sp³-hybridized carbons (Fsp3) is 0.304. The van der Waals surface area contributed by atoms with E-state index in [1.54, 1.807) is 24.3 Å². The number of carbonyl (C=O) groups excluding carboxylic acids is 1. The second-order valence-electron chi connectivity index (χ2n) is 7.63. The number of likely N-dealkylation sites (tertiary alicyclic amines) is 1. The molecule has 1 aromatic heterocycles.